The van der Waals surface area contributed by atoms with Crippen molar-refractivity contribution in [2.24, 2.45) is 17.6 Å². The van der Waals surface area contributed by atoms with Gasteiger partial charge in [-0.3, -0.25) is 0 Å². The van der Waals surface area contributed by atoms with Crippen LogP contribution in [0.2, 0.25) is 0 Å². The minimum atomic E-state index is -2.99. The Kier molecular flexibility index (Phi) is 4.36. The van der Waals surface area contributed by atoms with Gasteiger partial charge in [0.2, 0.25) is 0 Å². The third kappa shape index (κ3) is 4.39. The molecule has 1 aliphatic heterocycles. The van der Waals surface area contributed by atoms with Crippen molar-refractivity contribution in [2.45, 2.75) is 12.8 Å². The number of sulfone groups is 2. The molecule has 0 amide bonds. The van der Waals surface area contributed by atoms with Crippen molar-refractivity contribution in [2.75, 3.05) is 30.1 Å². The normalized spacial score (nSPS) is 26.8. The monoisotopic (exact) mass is 269 g/mol. The van der Waals surface area contributed by atoms with Gasteiger partial charge in [0, 0.05) is 6.26 Å². The van der Waals surface area contributed by atoms with Crippen LogP contribution in [0, 0.1) is 11.8 Å². The Balaban J connectivity index is 2.56. The standard InChI is InChI=1S/C9H19NO4S2/c1-15(11,12)4-2-8(6-10)9-3-5-16(13,14)7-9/h8-9H,2-7,10H2,1H3. The van der Waals surface area contributed by atoms with Gasteiger partial charge >= 0.3 is 0 Å². The van der Waals surface area contributed by atoms with Crippen LogP contribution in [-0.2, 0) is 19.7 Å². The van der Waals surface area contributed by atoms with Crippen molar-refractivity contribution in [1.82, 2.24) is 0 Å². The molecule has 16 heavy (non-hydrogen) atoms. The Morgan fingerprint density at radius 2 is 2.06 bits per heavy atom. The average Bonchev–Trinajstić information content (AvgIpc) is 2.45. The van der Waals surface area contributed by atoms with Crippen molar-refractivity contribution in [3.63, 3.8) is 0 Å². The molecule has 2 N–H and O–H groups in total. The van der Waals surface area contributed by atoms with Crippen LogP contribution >= 0.6 is 0 Å². The molecule has 0 aliphatic carbocycles. The summed E-state index contributed by atoms with van der Waals surface area (Å²) in [6.07, 6.45) is 2.27. The van der Waals surface area contributed by atoms with E-state index in [-0.39, 0.29) is 29.1 Å². The van der Waals surface area contributed by atoms with E-state index in [4.69, 9.17) is 5.73 Å². The molecular weight excluding hydrogens is 250 g/mol. The van der Waals surface area contributed by atoms with Crippen LogP contribution in [0.5, 0.6) is 0 Å². The fraction of sp³-hybridized carbons (Fsp3) is 1.00. The first-order valence-electron chi connectivity index (χ1n) is 5.32. The minimum Gasteiger partial charge on any atom is -0.330 e. The third-order valence-corrected chi connectivity index (χ3v) is 5.87. The van der Waals surface area contributed by atoms with Crippen molar-refractivity contribution >= 4 is 19.7 Å². The summed E-state index contributed by atoms with van der Waals surface area (Å²) in [6.45, 7) is 0.357. The molecule has 0 aromatic rings. The van der Waals surface area contributed by atoms with Gasteiger partial charge in [0.15, 0.2) is 9.84 Å². The van der Waals surface area contributed by atoms with E-state index < -0.39 is 19.7 Å². The Hall–Kier alpha value is -0.140. The second-order valence-corrected chi connectivity index (χ2v) is 9.07. The van der Waals surface area contributed by atoms with E-state index in [1.54, 1.807) is 0 Å². The Morgan fingerprint density at radius 3 is 2.44 bits per heavy atom. The zero-order chi connectivity index (χ0) is 12.4. The molecule has 0 saturated carbocycles. The van der Waals surface area contributed by atoms with Crippen LogP contribution in [0.3, 0.4) is 0 Å². The first-order chi connectivity index (χ1) is 7.23. The first-order valence-corrected chi connectivity index (χ1v) is 9.20. The Bertz CT molecular complexity index is 426. The predicted molar refractivity (Wildman–Crippen MR) is 63.6 cm³/mol. The molecule has 1 aliphatic rings. The summed E-state index contributed by atoms with van der Waals surface area (Å²) in [7, 11) is -5.90. The lowest BCUT2D eigenvalue weighted by Crippen LogP contribution is -2.26. The lowest BCUT2D eigenvalue weighted by atomic mass is 9.90. The van der Waals surface area contributed by atoms with E-state index in [1.807, 2.05) is 0 Å². The number of nitrogens with two attached hydrogens (primary N) is 1. The van der Waals surface area contributed by atoms with Gasteiger partial charge in [0.25, 0.3) is 0 Å². The fourth-order valence-corrected chi connectivity index (χ4v) is 4.76. The largest absolute Gasteiger partial charge is 0.330 e. The quantitative estimate of drug-likeness (QED) is 0.721. The highest BCUT2D eigenvalue weighted by atomic mass is 32.2. The van der Waals surface area contributed by atoms with Crippen LogP contribution < -0.4 is 5.73 Å². The summed E-state index contributed by atoms with van der Waals surface area (Å²) in [5.74, 6) is 0.514. The van der Waals surface area contributed by atoms with E-state index in [1.165, 1.54) is 6.26 Å². The van der Waals surface area contributed by atoms with Gasteiger partial charge < -0.3 is 5.73 Å². The molecule has 5 nitrogen and oxygen atoms in total. The highest BCUT2D eigenvalue weighted by Crippen LogP contribution is 2.27. The van der Waals surface area contributed by atoms with Gasteiger partial charge in [0.05, 0.1) is 17.3 Å². The maximum absolute atomic E-state index is 11.3. The molecule has 1 fully saturated rings. The van der Waals surface area contributed by atoms with E-state index in [0.717, 1.165) is 0 Å². The van der Waals surface area contributed by atoms with Crippen molar-refractivity contribution in [3.8, 4) is 0 Å². The molecule has 2 atom stereocenters. The van der Waals surface area contributed by atoms with Crippen LogP contribution in [0.15, 0.2) is 0 Å². The second-order valence-electron chi connectivity index (χ2n) is 4.58. The van der Waals surface area contributed by atoms with Crippen LogP contribution in [0.1, 0.15) is 12.8 Å². The maximum Gasteiger partial charge on any atom is 0.150 e. The zero-order valence-electron chi connectivity index (χ0n) is 9.42. The molecule has 96 valence electrons. The molecule has 0 aromatic carbocycles. The van der Waals surface area contributed by atoms with Gasteiger partial charge in [-0.1, -0.05) is 0 Å². The van der Waals surface area contributed by atoms with Crippen molar-refractivity contribution < 1.29 is 16.8 Å². The van der Waals surface area contributed by atoms with E-state index in [2.05, 4.69) is 0 Å². The molecule has 7 heteroatoms. The Morgan fingerprint density at radius 1 is 1.44 bits per heavy atom. The summed E-state index contributed by atoms with van der Waals surface area (Å²) < 4.78 is 44.7. The molecule has 0 aromatic heterocycles. The van der Waals surface area contributed by atoms with Gasteiger partial charge in [-0.25, -0.2) is 16.8 Å². The highest BCUT2D eigenvalue weighted by molar-refractivity contribution is 7.91. The first kappa shape index (κ1) is 13.9. The summed E-state index contributed by atoms with van der Waals surface area (Å²) >= 11 is 0. The number of hydrogen-bond donors (Lipinski definition) is 1. The number of hydrogen-bond acceptors (Lipinski definition) is 5. The van der Waals surface area contributed by atoms with E-state index in [0.29, 0.717) is 19.4 Å². The van der Waals surface area contributed by atoms with Crippen LogP contribution in [0.4, 0.5) is 0 Å². The molecule has 1 heterocycles. The van der Waals surface area contributed by atoms with Gasteiger partial charge in [-0.2, -0.15) is 0 Å². The maximum atomic E-state index is 11.3. The fourth-order valence-electron chi connectivity index (χ4n) is 2.11. The third-order valence-electron chi connectivity index (χ3n) is 3.10. The molecule has 0 radical (unpaired) electrons. The SMILES string of the molecule is CS(=O)(=O)CCC(CN)C1CCS(=O)(=O)C1. The molecular formula is C9H19NO4S2. The van der Waals surface area contributed by atoms with Crippen LogP contribution in [-0.4, -0.2) is 46.9 Å². The summed E-state index contributed by atoms with van der Waals surface area (Å²) in [5, 5.41) is 0. The van der Waals surface area contributed by atoms with E-state index in [9.17, 15) is 16.8 Å². The minimum absolute atomic E-state index is 0.00648. The molecule has 1 saturated heterocycles. The molecule has 0 bridgehead atoms. The molecule has 2 unspecified atom stereocenters. The van der Waals surface area contributed by atoms with Gasteiger partial charge in [-0.15, -0.1) is 0 Å². The second kappa shape index (κ2) is 5.01. The van der Waals surface area contributed by atoms with Gasteiger partial charge in [-0.05, 0) is 31.2 Å². The summed E-state index contributed by atoms with van der Waals surface area (Å²) in [4.78, 5) is 0. The lowest BCUT2D eigenvalue weighted by molar-refractivity contribution is 0.363. The smallest absolute Gasteiger partial charge is 0.150 e. The van der Waals surface area contributed by atoms with Gasteiger partial charge in [0.1, 0.15) is 9.84 Å². The number of rotatable bonds is 5. The van der Waals surface area contributed by atoms with E-state index >= 15 is 0 Å². The zero-order valence-corrected chi connectivity index (χ0v) is 11.1. The highest BCUT2D eigenvalue weighted by Gasteiger charge is 2.33. The van der Waals surface area contributed by atoms with Crippen molar-refractivity contribution in [1.29, 1.82) is 0 Å². The summed E-state index contributed by atoms with van der Waals surface area (Å²) in [6, 6.07) is 0. The predicted octanol–water partition coefficient (Wildman–Crippen LogP) is -0.569. The van der Waals surface area contributed by atoms with Crippen LogP contribution in [0.25, 0.3) is 0 Å². The molecule has 1 rings (SSSR count). The summed E-state index contributed by atoms with van der Waals surface area (Å²) in [5.41, 5.74) is 5.58. The average molecular weight is 269 g/mol. The lowest BCUT2D eigenvalue weighted by Gasteiger charge is -2.20. The Labute approximate surface area is 97.2 Å². The molecule has 0 spiro atoms. The van der Waals surface area contributed by atoms with Crippen molar-refractivity contribution in [3.05, 3.63) is 0 Å². The topological polar surface area (TPSA) is 94.3 Å².